The summed E-state index contributed by atoms with van der Waals surface area (Å²) >= 11 is 0. The molecule has 5 nitrogen and oxygen atoms in total. The SMILES string of the molecule is CC(C)OC(=O)COc1cccc(NCCCN)c1. The van der Waals surface area contributed by atoms with Gasteiger partial charge in [-0.25, -0.2) is 4.79 Å². The second kappa shape index (κ2) is 8.37. The van der Waals surface area contributed by atoms with Crippen molar-refractivity contribution in [2.45, 2.75) is 26.4 Å². The van der Waals surface area contributed by atoms with E-state index < -0.39 is 0 Å². The fraction of sp³-hybridized carbons (Fsp3) is 0.500. The average Bonchev–Trinajstić information content (AvgIpc) is 2.36. The molecule has 0 saturated heterocycles. The molecule has 0 fully saturated rings. The van der Waals surface area contributed by atoms with E-state index in [1.165, 1.54) is 0 Å². The molecule has 0 radical (unpaired) electrons. The Morgan fingerprint density at radius 2 is 2.21 bits per heavy atom. The number of benzene rings is 1. The zero-order valence-corrected chi connectivity index (χ0v) is 11.5. The third-order valence-corrected chi connectivity index (χ3v) is 2.27. The molecule has 0 unspecified atom stereocenters. The van der Waals surface area contributed by atoms with E-state index in [1.807, 2.05) is 18.2 Å². The molecular formula is C14H22N2O3. The smallest absolute Gasteiger partial charge is 0.344 e. The van der Waals surface area contributed by atoms with Gasteiger partial charge in [0.1, 0.15) is 5.75 Å². The summed E-state index contributed by atoms with van der Waals surface area (Å²) < 4.78 is 10.4. The molecule has 0 heterocycles. The fourth-order valence-electron chi connectivity index (χ4n) is 1.47. The van der Waals surface area contributed by atoms with Crippen molar-refractivity contribution in [1.82, 2.24) is 0 Å². The Balaban J connectivity index is 2.41. The lowest BCUT2D eigenvalue weighted by molar-refractivity contribution is -0.149. The quantitative estimate of drug-likeness (QED) is 0.554. The van der Waals surface area contributed by atoms with Crippen LogP contribution in [-0.2, 0) is 9.53 Å². The van der Waals surface area contributed by atoms with Crippen LogP contribution in [-0.4, -0.2) is 31.8 Å². The molecule has 19 heavy (non-hydrogen) atoms. The van der Waals surface area contributed by atoms with Crippen molar-refractivity contribution in [3.63, 3.8) is 0 Å². The predicted molar refractivity (Wildman–Crippen MR) is 75.3 cm³/mol. The van der Waals surface area contributed by atoms with Gasteiger partial charge >= 0.3 is 5.97 Å². The van der Waals surface area contributed by atoms with Crippen LogP contribution in [0.3, 0.4) is 0 Å². The minimum absolute atomic E-state index is 0.0789. The molecule has 0 aliphatic heterocycles. The number of hydrogen-bond donors (Lipinski definition) is 2. The molecule has 3 N–H and O–H groups in total. The number of hydrogen-bond acceptors (Lipinski definition) is 5. The summed E-state index contributed by atoms with van der Waals surface area (Å²) in [5.74, 6) is 0.273. The topological polar surface area (TPSA) is 73.6 Å². The normalized spacial score (nSPS) is 10.3. The van der Waals surface area contributed by atoms with E-state index in [0.29, 0.717) is 12.3 Å². The number of ether oxygens (including phenoxy) is 2. The Morgan fingerprint density at radius 3 is 2.89 bits per heavy atom. The largest absolute Gasteiger partial charge is 0.482 e. The molecule has 1 aromatic carbocycles. The van der Waals surface area contributed by atoms with E-state index in [9.17, 15) is 4.79 Å². The van der Waals surface area contributed by atoms with Crippen LogP contribution in [0.2, 0.25) is 0 Å². The van der Waals surface area contributed by atoms with Gasteiger partial charge in [-0.3, -0.25) is 0 Å². The minimum atomic E-state index is -0.364. The van der Waals surface area contributed by atoms with Gasteiger partial charge in [-0.15, -0.1) is 0 Å². The van der Waals surface area contributed by atoms with E-state index in [0.717, 1.165) is 18.7 Å². The van der Waals surface area contributed by atoms with Gasteiger partial charge in [0.05, 0.1) is 6.10 Å². The van der Waals surface area contributed by atoms with Crippen LogP contribution in [0.5, 0.6) is 5.75 Å². The average molecular weight is 266 g/mol. The first-order valence-electron chi connectivity index (χ1n) is 6.48. The van der Waals surface area contributed by atoms with E-state index in [-0.39, 0.29) is 18.7 Å². The maximum atomic E-state index is 11.3. The summed E-state index contributed by atoms with van der Waals surface area (Å²) in [6.07, 6.45) is 0.784. The van der Waals surface area contributed by atoms with Crippen LogP contribution in [0.4, 0.5) is 5.69 Å². The lowest BCUT2D eigenvalue weighted by Gasteiger charge is -2.11. The first kappa shape index (κ1) is 15.3. The summed E-state index contributed by atoms with van der Waals surface area (Å²) in [5.41, 5.74) is 6.37. The molecule has 0 aliphatic rings. The Bertz CT molecular complexity index is 394. The van der Waals surface area contributed by atoms with Crippen molar-refractivity contribution < 1.29 is 14.3 Å². The molecule has 0 aromatic heterocycles. The summed E-state index contributed by atoms with van der Waals surface area (Å²) in [6, 6.07) is 7.46. The van der Waals surface area contributed by atoms with Crippen molar-refractivity contribution in [2.75, 3.05) is 25.0 Å². The van der Waals surface area contributed by atoms with Gasteiger partial charge in [-0.05, 0) is 38.9 Å². The summed E-state index contributed by atoms with van der Waals surface area (Å²) in [6.45, 7) is 5.00. The van der Waals surface area contributed by atoms with Crippen LogP contribution in [0, 0.1) is 0 Å². The number of rotatable bonds is 8. The Kier molecular flexibility index (Phi) is 6.74. The zero-order valence-electron chi connectivity index (χ0n) is 11.5. The highest BCUT2D eigenvalue weighted by Crippen LogP contribution is 2.17. The Morgan fingerprint density at radius 1 is 1.42 bits per heavy atom. The lowest BCUT2D eigenvalue weighted by atomic mass is 10.3. The van der Waals surface area contributed by atoms with Gasteiger partial charge in [0.25, 0.3) is 0 Å². The highest BCUT2D eigenvalue weighted by molar-refractivity contribution is 5.71. The third-order valence-electron chi connectivity index (χ3n) is 2.27. The number of esters is 1. The van der Waals surface area contributed by atoms with Gasteiger partial charge in [-0.2, -0.15) is 0 Å². The second-order valence-electron chi connectivity index (χ2n) is 4.42. The first-order valence-corrected chi connectivity index (χ1v) is 6.48. The fourth-order valence-corrected chi connectivity index (χ4v) is 1.47. The molecule has 106 valence electrons. The molecular weight excluding hydrogens is 244 g/mol. The van der Waals surface area contributed by atoms with E-state index in [2.05, 4.69) is 5.32 Å². The number of carbonyl (C=O) groups excluding carboxylic acids is 1. The predicted octanol–water partition coefficient (Wildman–Crippen LogP) is 1.78. The van der Waals surface area contributed by atoms with E-state index >= 15 is 0 Å². The second-order valence-corrected chi connectivity index (χ2v) is 4.42. The molecule has 0 saturated carbocycles. The van der Waals surface area contributed by atoms with Crippen LogP contribution in [0.25, 0.3) is 0 Å². The van der Waals surface area contributed by atoms with Crippen LogP contribution in [0.15, 0.2) is 24.3 Å². The third kappa shape index (κ3) is 6.67. The number of nitrogens with one attached hydrogen (secondary N) is 1. The summed E-state index contributed by atoms with van der Waals surface area (Å²) in [7, 11) is 0. The van der Waals surface area contributed by atoms with Crippen molar-refractivity contribution in [1.29, 1.82) is 0 Å². The molecule has 0 aliphatic carbocycles. The first-order chi connectivity index (χ1) is 9.11. The zero-order chi connectivity index (χ0) is 14.1. The van der Waals surface area contributed by atoms with Crippen molar-refractivity contribution in [2.24, 2.45) is 5.73 Å². The molecule has 1 aromatic rings. The summed E-state index contributed by atoms with van der Waals surface area (Å²) in [4.78, 5) is 11.3. The molecule has 0 atom stereocenters. The minimum Gasteiger partial charge on any atom is -0.482 e. The maximum absolute atomic E-state index is 11.3. The molecule has 0 bridgehead atoms. The highest BCUT2D eigenvalue weighted by Gasteiger charge is 2.06. The molecule has 1 rings (SSSR count). The molecule has 5 heteroatoms. The maximum Gasteiger partial charge on any atom is 0.344 e. The lowest BCUT2D eigenvalue weighted by Crippen LogP contribution is -2.18. The van der Waals surface area contributed by atoms with Crippen molar-refractivity contribution >= 4 is 11.7 Å². The number of nitrogens with two attached hydrogens (primary N) is 1. The standard InChI is InChI=1S/C14H22N2O3/c1-11(2)19-14(17)10-18-13-6-3-5-12(9-13)16-8-4-7-15/h3,5-6,9,11,16H,4,7-8,10,15H2,1-2H3. The Labute approximate surface area is 114 Å². The monoisotopic (exact) mass is 266 g/mol. The van der Waals surface area contributed by atoms with Crippen LogP contribution in [0.1, 0.15) is 20.3 Å². The van der Waals surface area contributed by atoms with Crippen LogP contribution < -0.4 is 15.8 Å². The highest BCUT2D eigenvalue weighted by atomic mass is 16.6. The number of carbonyl (C=O) groups is 1. The van der Waals surface area contributed by atoms with Gasteiger partial charge in [0.2, 0.25) is 0 Å². The Hall–Kier alpha value is -1.75. The van der Waals surface area contributed by atoms with Gasteiger partial charge in [0, 0.05) is 18.3 Å². The van der Waals surface area contributed by atoms with Gasteiger partial charge in [0.15, 0.2) is 6.61 Å². The van der Waals surface area contributed by atoms with Gasteiger partial charge in [-0.1, -0.05) is 6.07 Å². The van der Waals surface area contributed by atoms with E-state index in [4.69, 9.17) is 15.2 Å². The molecule has 0 amide bonds. The number of anilines is 1. The van der Waals surface area contributed by atoms with Gasteiger partial charge < -0.3 is 20.5 Å². The summed E-state index contributed by atoms with van der Waals surface area (Å²) in [5, 5.41) is 3.23. The molecule has 0 spiro atoms. The van der Waals surface area contributed by atoms with Crippen molar-refractivity contribution in [3.8, 4) is 5.75 Å². The van der Waals surface area contributed by atoms with Crippen LogP contribution >= 0.6 is 0 Å². The van der Waals surface area contributed by atoms with Crippen molar-refractivity contribution in [3.05, 3.63) is 24.3 Å². The van der Waals surface area contributed by atoms with E-state index in [1.54, 1.807) is 19.9 Å².